The van der Waals surface area contributed by atoms with Gasteiger partial charge in [-0.05, 0) is 44.0 Å². The molecule has 1 aliphatic rings. The number of nitrogens with zero attached hydrogens (tertiary/aromatic N) is 1. The van der Waals surface area contributed by atoms with E-state index in [1.165, 1.54) is 43.4 Å². The Balaban J connectivity index is 1.99. The third-order valence-corrected chi connectivity index (χ3v) is 3.61. The maximum atomic E-state index is 3.78. The molecule has 0 saturated carbocycles. The van der Waals surface area contributed by atoms with Crippen LogP contribution in [-0.4, -0.2) is 24.5 Å². The number of piperidine rings is 1. The van der Waals surface area contributed by atoms with E-state index < -0.39 is 0 Å². The van der Waals surface area contributed by atoms with E-state index in [4.69, 9.17) is 0 Å². The topological polar surface area (TPSA) is 3.24 Å². The molecule has 1 fully saturated rings. The molecule has 0 amide bonds. The molecule has 1 unspecified atom stereocenters. The second kappa shape index (κ2) is 5.31. The maximum absolute atomic E-state index is 3.78. The number of likely N-dealkylation sites (tertiary alicyclic amines) is 1. The molecule has 1 heteroatoms. The predicted molar refractivity (Wildman–Crippen MR) is 70.5 cm³/mol. The highest BCUT2D eigenvalue weighted by Crippen LogP contribution is 2.19. The van der Waals surface area contributed by atoms with Gasteiger partial charge in [0.25, 0.3) is 0 Å². The van der Waals surface area contributed by atoms with Crippen LogP contribution >= 0.6 is 0 Å². The Bertz CT molecular complexity index is 339. The average molecular weight is 215 g/mol. The van der Waals surface area contributed by atoms with Crippen LogP contribution in [0.3, 0.4) is 0 Å². The van der Waals surface area contributed by atoms with E-state index in [9.17, 15) is 0 Å². The van der Waals surface area contributed by atoms with E-state index in [0.717, 1.165) is 6.04 Å². The van der Waals surface area contributed by atoms with Gasteiger partial charge >= 0.3 is 0 Å². The normalized spacial score (nSPS) is 21.9. The second-order valence-electron chi connectivity index (χ2n) is 4.78. The molecule has 1 nitrogen and oxygen atoms in total. The van der Waals surface area contributed by atoms with Crippen molar-refractivity contribution >= 4 is 6.08 Å². The van der Waals surface area contributed by atoms with Gasteiger partial charge in [-0.1, -0.05) is 43.3 Å². The largest absolute Gasteiger partial charge is 0.303 e. The molecule has 1 aliphatic heterocycles. The Morgan fingerprint density at radius 3 is 2.69 bits per heavy atom. The summed E-state index contributed by atoms with van der Waals surface area (Å²) in [4.78, 5) is 2.50. The van der Waals surface area contributed by atoms with Gasteiger partial charge in [0.1, 0.15) is 0 Å². The summed E-state index contributed by atoms with van der Waals surface area (Å²) in [6.45, 7) is 5.04. The van der Waals surface area contributed by atoms with E-state index in [2.05, 4.69) is 42.8 Å². The first-order valence-electron chi connectivity index (χ1n) is 6.21. The first-order valence-corrected chi connectivity index (χ1v) is 6.21. The van der Waals surface area contributed by atoms with Crippen molar-refractivity contribution in [3.05, 3.63) is 42.0 Å². The SMILES string of the molecule is C=Cc1ccc(CC2CCCCN2C)cc1. The summed E-state index contributed by atoms with van der Waals surface area (Å²) >= 11 is 0. The molecular formula is C15H21N. The van der Waals surface area contributed by atoms with Crippen LogP contribution in [0, 0.1) is 0 Å². The fraction of sp³-hybridized carbons (Fsp3) is 0.467. The fourth-order valence-corrected chi connectivity index (χ4v) is 2.46. The van der Waals surface area contributed by atoms with Crippen molar-refractivity contribution in [3.63, 3.8) is 0 Å². The molecule has 0 bridgehead atoms. The lowest BCUT2D eigenvalue weighted by Crippen LogP contribution is -2.37. The minimum absolute atomic E-state index is 0.739. The number of likely N-dealkylation sites (N-methyl/N-ethyl adjacent to an activating group) is 1. The molecule has 16 heavy (non-hydrogen) atoms. The molecule has 1 heterocycles. The van der Waals surface area contributed by atoms with Crippen LogP contribution in [0.25, 0.3) is 6.08 Å². The van der Waals surface area contributed by atoms with E-state index in [1.54, 1.807) is 0 Å². The summed E-state index contributed by atoms with van der Waals surface area (Å²) in [5.41, 5.74) is 2.66. The minimum Gasteiger partial charge on any atom is -0.303 e. The summed E-state index contributed by atoms with van der Waals surface area (Å²) < 4.78 is 0. The summed E-state index contributed by atoms with van der Waals surface area (Å²) in [6.07, 6.45) is 7.19. The summed E-state index contributed by atoms with van der Waals surface area (Å²) in [5.74, 6) is 0. The first kappa shape index (κ1) is 11.4. The number of benzene rings is 1. The summed E-state index contributed by atoms with van der Waals surface area (Å²) in [5, 5.41) is 0. The van der Waals surface area contributed by atoms with Gasteiger partial charge in [-0.2, -0.15) is 0 Å². The summed E-state index contributed by atoms with van der Waals surface area (Å²) in [7, 11) is 2.25. The molecule has 1 atom stereocenters. The monoisotopic (exact) mass is 215 g/mol. The Kier molecular flexibility index (Phi) is 3.79. The van der Waals surface area contributed by atoms with Crippen LogP contribution in [0.2, 0.25) is 0 Å². The van der Waals surface area contributed by atoms with Crippen molar-refractivity contribution in [2.75, 3.05) is 13.6 Å². The number of hydrogen-bond acceptors (Lipinski definition) is 1. The van der Waals surface area contributed by atoms with Gasteiger partial charge in [-0.3, -0.25) is 0 Å². The van der Waals surface area contributed by atoms with E-state index in [-0.39, 0.29) is 0 Å². The molecule has 0 radical (unpaired) electrons. The molecule has 0 spiro atoms. The standard InChI is InChI=1S/C15H21N/c1-3-13-7-9-14(10-8-13)12-15-6-4-5-11-16(15)2/h3,7-10,15H,1,4-6,11-12H2,2H3. The molecular weight excluding hydrogens is 194 g/mol. The zero-order valence-electron chi connectivity index (χ0n) is 10.2. The zero-order chi connectivity index (χ0) is 11.4. The Hall–Kier alpha value is -1.08. The third-order valence-electron chi connectivity index (χ3n) is 3.61. The molecule has 1 saturated heterocycles. The molecule has 2 rings (SSSR count). The van der Waals surface area contributed by atoms with Crippen molar-refractivity contribution in [2.24, 2.45) is 0 Å². The van der Waals surface area contributed by atoms with Crippen LogP contribution in [0.15, 0.2) is 30.8 Å². The summed E-state index contributed by atoms with van der Waals surface area (Å²) in [6, 6.07) is 9.53. The van der Waals surface area contributed by atoms with Crippen LogP contribution in [0.1, 0.15) is 30.4 Å². The molecule has 86 valence electrons. The minimum atomic E-state index is 0.739. The van der Waals surface area contributed by atoms with Gasteiger partial charge in [0.2, 0.25) is 0 Å². The van der Waals surface area contributed by atoms with Crippen molar-refractivity contribution in [2.45, 2.75) is 31.7 Å². The quantitative estimate of drug-likeness (QED) is 0.747. The van der Waals surface area contributed by atoms with Gasteiger partial charge in [-0.15, -0.1) is 0 Å². The molecule has 1 aromatic carbocycles. The van der Waals surface area contributed by atoms with Crippen LogP contribution in [-0.2, 0) is 6.42 Å². The highest BCUT2D eigenvalue weighted by Gasteiger charge is 2.18. The Labute approximate surface area is 98.8 Å². The maximum Gasteiger partial charge on any atom is 0.0133 e. The van der Waals surface area contributed by atoms with Gasteiger partial charge in [-0.25, -0.2) is 0 Å². The lowest BCUT2D eigenvalue weighted by atomic mass is 9.96. The van der Waals surface area contributed by atoms with Gasteiger partial charge in [0.15, 0.2) is 0 Å². The highest BCUT2D eigenvalue weighted by molar-refractivity contribution is 5.47. The fourth-order valence-electron chi connectivity index (χ4n) is 2.46. The predicted octanol–water partition coefficient (Wildman–Crippen LogP) is 3.36. The van der Waals surface area contributed by atoms with Crippen molar-refractivity contribution in [3.8, 4) is 0 Å². The molecule has 0 aromatic heterocycles. The molecule has 1 aromatic rings. The lowest BCUT2D eigenvalue weighted by molar-refractivity contribution is 0.184. The number of hydrogen-bond donors (Lipinski definition) is 0. The Morgan fingerprint density at radius 2 is 2.06 bits per heavy atom. The van der Waals surface area contributed by atoms with Crippen molar-refractivity contribution < 1.29 is 0 Å². The lowest BCUT2D eigenvalue weighted by Gasteiger charge is -2.32. The van der Waals surface area contributed by atoms with Crippen molar-refractivity contribution in [1.82, 2.24) is 4.90 Å². The van der Waals surface area contributed by atoms with Crippen LogP contribution in [0.5, 0.6) is 0 Å². The van der Waals surface area contributed by atoms with E-state index in [0.29, 0.717) is 0 Å². The molecule has 0 N–H and O–H groups in total. The zero-order valence-corrected chi connectivity index (χ0v) is 10.2. The van der Waals surface area contributed by atoms with Gasteiger partial charge < -0.3 is 4.90 Å². The first-order chi connectivity index (χ1) is 7.79. The van der Waals surface area contributed by atoms with E-state index >= 15 is 0 Å². The number of rotatable bonds is 3. The average Bonchev–Trinajstić information content (AvgIpc) is 2.33. The second-order valence-corrected chi connectivity index (χ2v) is 4.78. The van der Waals surface area contributed by atoms with Crippen LogP contribution < -0.4 is 0 Å². The van der Waals surface area contributed by atoms with Gasteiger partial charge in [0, 0.05) is 6.04 Å². The van der Waals surface area contributed by atoms with E-state index in [1.807, 2.05) is 6.08 Å². The van der Waals surface area contributed by atoms with Crippen LogP contribution in [0.4, 0.5) is 0 Å². The smallest absolute Gasteiger partial charge is 0.0133 e. The Morgan fingerprint density at radius 1 is 1.31 bits per heavy atom. The van der Waals surface area contributed by atoms with Gasteiger partial charge in [0.05, 0.1) is 0 Å². The highest BCUT2D eigenvalue weighted by atomic mass is 15.1. The van der Waals surface area contributed by atoms with Crippen molar-refractivity contribution in [1.29, 1.82) is 0 Å². The molecule has 0 aliphatic carbocycles. The third kappa shape index (κ3) is 2.73.